The second-order valence-corrected chi connectivity index (χ2v) is 4.60. The van der Waals surface area contributed by atoms with E-state index in [1.807, 2.05) is 0 Å². The summed E-state index contributed by atoms with van der Waals surface area (Å²) in [5.74, 6) is 2.17. The van der Waals surface area contributed by atoms with Crippen LogP contribution in [0.5, 0.6) is 0 Å². The largest absolute Gasteiger partial charge is 0.397 e. The van der Waals surface area contributed by atoms with Crippen LogP contribution in [0.15, 0.2) is 12.1 Å². The monoisotopic (exact) mass is 279 g/mol. The number of anilines is 2. The van der Waals surface area contributed by atoms with Crippen LogP contribution in [0, 0.1) is 28.4 Å². The van der Waals surface area contributed by atoms with Crippen molar-refractivity contribution in [3.63, 3.8) is 0 Å². The van der Waals surface area contributed by atoms with Crippen LogP contribution in [-0.4, -0.2) is 17.4 Å². The van der Waals surface area contributed by atoms with Crippen LogP contribution in [0.2, 0.25) is 5.02 Å². The van der Waals surface area contributed by atoms with E-state index in [0.29, 0.717) is 12.2 Å². The summed E-state index contributed by atoms with van der Waals surface area (Å²) in [4.78, 5) is 23.3. The van der Waals surface area contributed by atoms with Crippen LogP contribution >= 0.6 is 11.6 Å². The average molecular weight is 280 g/mol. The molecule has 98 valence electrons. The first kappa shape index (κ1) is 13.2. The van der Waals surface area contributed by atoms with Gasteiger partial charge < -0.3 is 10.6 Å². The molecule has 0 saturated carbocycles. The standard InChI is InChI=1S/C12H10ClN3O3/c1-2-7-3-12(17)15(6-7)11-4-8(13)10(16(18)19)5-9(11)14/h1,4-5,7H,3,6,14H2. The molecule has 1 atom stereocenters. The molecule has 1 amide bonds. The number of rotatable bonds is 2. The van der Waals surface area contributed by atoms with Crippen molar-refractivity contribution >= 4 is 34.6 Å². The molecule has 1 fully saturated rings. The van der Waals surface area contributed by atoms with Crippen LogP contribution in [0.25, 0.3) is 0 Å². The number of terminal acetylenes is 1. The summed E-state index contributed by atoms with van der Waals surface area (Å²) < 4.78 is 0. The van der Waals surface area contributed by atoms with Gasteiger partial charge in [0.05, 0.1) is 16.3 Å². The first-order valence-electron chi connectivity index (χ1n) is 5.44. The lowest BCUT2D eigenvalue weighted by molar-refractivity contribution is -0.384. The zero-order valence-corrected chi connectivity index (χ0v) is 10.6. The Balaban J connectivity index is 2.42. The molecular weight excluding hydrogens is 270 g/mol. The minimum atomic E-state index is -0.626. The van der Waals surface area contributed by atoms with Gasteiger partial charge in [0.15, 0.2) is 0 Å². The Labute approximate surface area is 114 Å². The van der Waals surface area contributed by atoms with Crippen LogP contribution in [-0.2, 0) is 4.79 Å². The van der Waals surface area contributed by atoms with Crippen LogP contribution < -0.4 is 10.6 Å². The Morgan fingerprint density at radius 1 is 1.58 bits per heavy atom. The number of benzene rings is 1. The molecule has 6 nitrogen and oxygen atoms in total. The number of nitro groups is 1. The Bertz CT molecular complexity index is 609. The van der Waals surface area contributed by atoms with Crippen molar-refractivity contribution in [2.75, 3.05) is 17.2 Å². The fourth-order valence-electron chi connectivity index (χ4n) is 1.99. The van der Waals surface area contributed by atoms with Crippen molar-refractivity contribution in [3.8, 4) is 12.3 Å². The quantitative estimate of drug-likeness (QED) is 0.387. The Kier molecular flexibility index (Phi) is 3.32. The lowest BCUT2D eigenvalue weighted by Crippen LogP contribution is -2.25. The molecule has 1 aliphatic heterocycles. The molecule has 0 aromatic heterocycles. The zero-order valence-electron chi connectivity index (χ0n) is 9.80. The van der Waals surface area contributed by atoms with E-state index in [1.165, 1.54) is 11.0 Å². The van der Waals surface area contributed by atoms with Crippen LogP contribution in [0.3, 0.4) is 0 Å². The molecule has 0 spiro atoms. The van der Waals surface area contributed by atoms with E-state index in [1.54, 1.807) is 0 Å². The van der Waals surface area contributed by atoms with Gasteiger partial charge in [-0.1, -0.05) is 11.6 Å². The third-order valence-corrected chi connectivity index (χ3v) is 3.25. The predicted molar refractivity (Wildman–Crippen MR) is 71.8 cm³/mol. The van der Waals surface area contributed by atoms with Gasteiger partial charge in [-0.3, -0.25) is 14.9 Å². The number of carbonyl (C=O) groups is 1. The van der Waals surface area contributed by atoms with E-state index in [-0.39, 0.29) is 34.6 Å². The first-order chi connectivity index (χ1) is 8.93. The molecule has 0 bridgehead atoms. The van der Waals surface area contributed by atoms with Crippen molar-refractivity contribution in [2.45, 2.75) is 6.42 Å². The third-order valence-electron chi connectivity index (χ3n) is 2.94. The molecule has 0 radical (unpaired) electrons. The SMILES string of the molecule is C#CC1CC(=O)N(c2cc(Cl)c([N+](=O)[O-])cc2N)C1. The molecular formula is C12H10ClN3O3. The fourth-order valence-corrected chi connectivity index (χ4v) is 2.22. The lowest BCUT2D eigenvalue weighted by Gasteiger charge is -2.18. The number of amides is 1. The number of carbonyl (C=O) groups excluding carboxylic acids is 1. The number of nitro benzene ring substituents is 1. The summed E-state index contributed by atoms with van der Waals surface area (Å²) in [6, 6.07) is 2.47. The summed E-state index contributed by atoms with van der Waals surface area (Å²) >= 11 is 5.82. The highest BCUT2D eigenvalue weighted by molar-refractivity contribution is 6.33. The normalized spacial score (nSPS) is 18.4. The van der Waals surface area contributed by atoms with Gasteiger partial charge in [-0.15, -0.1) is 12.3 Å². The van der Waals surface area contributed by atoms with Crippen molar-refractivity contribution in [2.24, 2.45) is 5.92 Å². The molecule has 1 unspecified atom stereocenters. The Hall–Kier alpha value is -2.26. The Morgan fingerprint density at radius 3 is 2.79 bits per heavy atom. The number of hydrogen-bond acceptors (Lipinski definition) is 4. The van der Waals surface area contributed by atoms with Crippen LogP contribution in [0.4, 0.5) is 17.1 Å². The van der Waals surface area contributed by atoms with Crippen LogP contribution in [0.1, 0.15) is 6.42 Å². The smallest absolute Gasteiger partial charge is 0.290 e. The number of nitrogen functional groups attached to an aromatic ring is 1. The molecule has 2 N–H and O–H groups in total. The fraction of sp³-hybridized carbons (Fsp3) is 0.250. The highest BCUT2D eigenvalue weighted by atomic mass is 35.5. The average Bonchev–Trinajstić information content (AvgIpc) is 2.72. The van der Waals surface area contributed by atoms with Crippen molar-refractivity contribution in [3.05, 3.63) is 27.3 Å². The summed E-state index contributed by atoms with van der Waals surface area (Å²) in [7, 11) is 0. The molecule has 1 aromatic rings. The van der Waals surface area contributed by atoms with Gasteiger partial charge in [-0.25, -0.2) is 0 Å². The van der Waals surface area contributed by atoms with Crippen molar-refractivity contribution in [1.29, 1.82) is 0 Å². The van der Waals surface area contributed by atoms with E-state index < -0.39 is 4.92 Å². The van der Waals surface area contributed by atoms with E-state index in [2.05, 4.69) is 5.92 Å². The second kappa shape index (κ2) is 4.78. The van der Waals surface area contributed by atoms with Crippen molar-refractivity contribution < 1.29 is 9.72 Å². The molecule has 2 rings (SSSR count). The zero-order chi connectivity index (χ0) is 14.2. The van der Waals surface area contributed by atoms with E-state index >= 15 is 0 Å². The highest BCUT2D eigenvalue weighted by Gasteiger charge is 2.31. The molecule has 1 aliphatic rings. The van der Waals surface area contributed by atoms with E-state index in [4.69, 9.17) is 23.8 Å². The first-order valence-corrected chi connectivity index (χ1v) is 5.81. The van der Waals surface area contributed by atoms with E-state index in [9.17, 15) is 14.9 Å². The summed E-state index contributed by atoms with van der Waals surface area (Å²) in [6.45, 7) is 0.341. The highest BCUT2D eigenvalue weighted by Crippen LogP contribution is 2.37. The molecule has 19 heavy (non-hydrogen) atoms. The summed E-state index contributed by atoms with van der Waals surface area (Å²) in [6.07, 6.45) is 5.53. The molecule has 1 saturated heterocycles. The minimum absolute atomic E-state index is 0.0637. The minimum Gasteiger partial charge on any atom is -0.397 e. The van der Waals surface area contributed by atoms with Gasteiger partial charge in [0.25, 0.3) is 5.69 Å². The van der Waals surface area contributed by atoms with Gasteiger partial charge in [0, 0.05) is 24.9 Å². The number of nitrogens with two attached hydrogens (primary N) is 1. The van der Waals surface area contributed by atoms with E-state index in [0.717, 1.165) is 6.07 Å². The van der Waals surface area contributed by atoms with Crippen molar-refractivity contribution in [1.82, 2.24) is 0 Å². The number of halogens is 1. The number of hydrogen-bond donors (Lipinski definition) is 1. The number of nitrogens with zero attached hydrogens (tertiary/aromatic N) is 2. The van der Waals surface area contributed by atoms with Gasteiger partial charge >= 0.3 is 0 Å². The molecule has 7 heteroatoms. The van der Waals surface area contributed by atoms with Gasteiger partial charge in [-0.2, -0.15) is 0 Å². The summed E-state index contributed by atoms with van der Waals surface area (Å²) in [5.41, 5.74) is 5.95. The molecule has 1 aromatic carbocycles. The second-order valence-electron chi connectivity index (χ2n) is 4.19. The molecule has 1 heterocycles. The van der Waals surface area contributed by atoms with Gasteiger partial charge in [0.1, 0.15) is 5.02 Å². The third kappa shape index (κ3) is 2.33. The predicted octanol–water partition coefficient (Wildman–Crippen LogP) is 1.82. The maximum Gasteiger partial charge on any atom is 0.290 e. The summed E-state index contributed by atoms with van der Waals surface area (Å²) in [5, 5.41) is 10.7. The van der Waals surface area contributed by atoms with Gasteiger partial charge in [0.2, 0.25) is 5.91 Å². The maximum atomic E-state index is 11.8. The molecule has 0 aliphatic carbocycles. The Morgan fingerprint density at radius 2 is 2.26 bits per heavy atom. The topological polar surface area (TPSA) is 89.5 Å². The lowest BCUT2D eigenvalue weighted by atomic mass is 10.1. The van der Waals surface area contributed by atoms with Gasteiger partial charge in [-0.05, 0) is 6.07 Å². The maximum absolute atomic E-state index is 11.8.